The monoisotopic (exact) mass is 194 g/mol. The van der Waals surface area contributed by atoms with Crippen molar-refractivity contribution in [2.45, 2.75) is 53.4 Å². The van der Waals surface area contributed by atoms with Crippen molar-refractivity contribution in [2.75, 3.05) is 0 Å². The van der Waals surface area contributed by atoms with Crippen LogP contribution in [0, 0.1) is 23.2 Å². The first-order valence-electron chi connectivity index (χ1n) is 6.08. The summed E-state index contributed by atoms with van der Waals surface area (Å²) < 4.78 is 0. The second-order valence-electron chi connectivity index (χ2n) is 5.98. The van der Waals surface area contributed by atoms with Crippen LogP contribution in [0.2, 0.25) is 0 Å². The van der Waals surface area contributed by atoms with E-state index in [9.17, 15) is 0 Å². The Hall–Kier alpha value is -0.260. The number of rotatable bonds is 3. The lowest BCUT2D eigenvalue weighted by atomic mass is 9.62. The first-order chi connectivity index (χ1) is 6.47. The summed E-state index contributed by atoms with van der Waals surface area (Å²) in [7, 11) is 0. The lowest BCUT2D eigenvalue weighted by molar-refractivity contribution is 0.0796. The van der Waals surface area contributed by atoms with Crippen molar-refractivity contribution in [1.82, 2.24) is 0 Å². The molecule has 0 aromatic rings. The molecule has 1 rings (SSSR count). The van der Waals surface area contributed by atoms with Gasteiger partial charge < -0.3 is 0 Å². The standard InChI is InChI=1S/C14H26/c1-6-9-14(4,5)13-10-11(2)7-8-12(13)3/h6,11-13H,1,7-10H2,2-5H3. The molecule has 0 heterocycles. The molecule has 3 unspecified atom stereocenters. The van der Waals surface area contributed by atoms with Crippen LogP contribution in [-0.4, -0.2) is 0 Å². The molecule has 14 heavy (non-hydrogen) atoms. The zero-order valence-corrected chi connectivity index (χ0v) is 10.3. The van der Waals surface area contributed by atoms with Crippen molar-refractivity contribution in [3.63, 3.8) is 0 Å². The highest BCUT2D eigenvalue weighted by Gasteiger charge is 2.35. The Kier molecular flexibility index (Phi) is 3.80. The van der Waals surface area contributed by atoms with E-state index in [1.54, 1.807) is 0 Å². The predicted octanol–water partition coefficient (Wildman–Crippen LogP) is 4.66. The number of allylic oxidation sites excluding steroid dienone is 1. The van der Waals surface area contributed by atoms with Gasteiger partial charge in [0, 0.05) is 0 Å². The van der Waals surface area contributed by atoms with Crippen molar-refractivity contribution in [3.8, 4) is 0 Å². The first kappa shape index (κ1) is 11.8. The molecule has 0 radical (unpaired) electrons. The van der Waals surface area contributed by atoms with Crippen LogP contribution in [0.15, 0.2) is 12.7 Å². The molecule has 82 valence electrons. The predicted molar refractivity (Wildman–Crippen MR) is 64.3 cm³/mol. The average molecular weight is 194 g/mol. The zero-order chi connectivity index (χ0) is 10.8. The van der Waals surface area contributed by atoms with E-state index in [1.165, 1.54) is 19.3 Å². The molecule has 0 heteroatoms. The molecule has 1 aliphatic rings. The van der Waals surface area contributed by atoms with Gasteiger partial charge in [0.15, 0.2) is 0 Å². The molecule has 1 aliphatic carbocycles. The minimum absolute atomic E-state index is 0.454. The average Bonchev–Trinajstić information content (AvgIpc) is 2.09. The summed E-state index contributed by atoms with van der Waals surface area (Å²) in [4.78, 5) is 0. The molecule has 0 bridgehead atoms. The highest BCUT2D eigenvalue weighted by atomic mass is 14.4. The van der Waals surface area contributed by atoms with Gasteiger partial charge in [0.05, 0.1) is 0 Å². The lowest BCUT2D eigenvalue weighted by Crippen LogP contribution is -2.33. The maximum Gasteiger partial charge on any atom is -0.0289 e. The molecule has 0 N–H and O–H groups in total. The lowest BCUT2D eigenvalue weighted by Gasteiger charge is -2.43. The molecule has 3 atom stereocenters. The largest absolute Gasteiger partial charge is 0.103 e. The zero-order valence-electron chi connectivity index (χ0n) is 10.3. The van der Waals surface area contributed by atoms with E-state index >= 15 is 0 Å². The molecule has 1 fully saturated rings. The summed E-state index contributed by atoms with van der Waals surface area (Å²) in [6, 6.07) is 0. The molecule has 0 aromatic heterocycles. The molecule has 0 saturated heterocycles. The van der Waals surface area contributed by atoms with Gasteiger partial charge in [-0.3, -0.25) is 0 Å². The van der Waals surface area contributed by atoms with Crippen LogP contribution in [0.3, 0.4) is 0 Å². The van der Waals surface area contributed by atoms with E-state index in [0.29, 0.717) is 5.41 Å². The van der Waals surface area contributed by atoms with Crippen molar-refractivity contribution < 1.29 is 0 Å². The molecule has 0 aromatic carbocycles. The summed E-state index contributed by atoms with van der Waals surface area (Å²) in [5, 5.41) is 0. The van der Waals surface area contributed by atoms with Crippen molar-refractivity contribution in [3.05, 3.63) is 12.7 Å². The van der Waals surface area contributed by atoms with Crippen LogP contribution in [0.5, 0.6) is 0 Å². The van der Waals surface area contributed by atoms with Gasteiger partial charge in [0.2, 0.25) is 0 Å². The van der Waals surface area contributed by atoms with E-state index in [0.717, 1.165) is 24.2 Å². The van der Waals surface area contributed by atoms with Gasteiger partial charge in [-0.25, -0.2) is 0 Å². The Morgan fingerprint density at radius 2 is 1.93 bits per heavy atom. The van der Waals surface area contributed by atoms with Crippen LogP contribution in [0.25, 0.3) is 0 Å². The molecular formula is C14H26. The topological polar surface area (TPSA) is 0 Å². The van der Waals surface area contributed by atoms with E-state index in [1.807, 2.05) is 0 Å². The molecular weight excluding hydrogens is 168 g/mol. The van der Waals surface area contributed by atoms with E-state index in [-0.39, 0.29) is 0 Å². The van der Waals surface area contributed by atoms with E-state index in [2.05, 4.69) is 40.3 Å². The van der Waals surface area contributed by atoms with Gasteiger partial charge in [-0.1, -0.05) is 46.6 Å². The Bertz CT molecular complexity index is 190. The van der Waals surface area contributed by atoms with E-state index in [4.69, 9.17) is 0 Å². The highest BCUT2D eigenvalue weighted by Crippen LogP contribution is 2.45. The van der Waals surface area contributed by atoms with Crippen molar-refractivity contribution in [1.29, 1.82) is 0 Å². The van der Waals surface area contributed by atoms with Gasteiger partial charge in [-0.15, -0.1) is 6.58 Å². The van der Waals surface area contributed by atoms with Gasteiger partial charge in [0.1, 0.15) is 0 Å². The fraction of sp³-hybridized carbons (Fsp3) is 0.857. The Morgan fingerprint density at radius 1 is 1.29 bits per heavy atom. The molecule has 0 amide bonds. The van der Waals surface area contributed by atoms with Crippen molar-refractivity contribution in [2.24, 2.45) is 23.2 Å². The summed E-state index contributed by atoms with van der Waals surface area (Å²) >= 11 is 0. The normalized spacial score (nSPS) is 34.1. The third kappa shape index (κ3) is 2.62. The summed E-state index contributed by atoms with van der Waals surface area (Å²) in [6.07, 6.45) is 7.52. The molecule has 1 saturated carbocycles. The second-order valence-corrected chi connectivity index (χ2v) is 5.98. The van der Waals surface area contributed by atoms with Gasteiger partial charge >= 0.3 is 0 Å². The molecule has 0 spiro atoms. The SMILES string of the molecule is C=CCC(C)(C)C1CC(C)CCC1C. The maximum absolute atomic E-state index is 3.88. The van der Waals surface area contributed by atoms with E-state index < -0.39 is 0 Å². The first-order valence-corrected chi connectivity index (χ1v) is 6.08. The Morgan fingerprint density at radius 3 is 2.50 bits per heavy atom. The van der Waals surface area contributed by atoms with Crippen LogP contribution >= 0.6 is 0 Å². The van der Waals surface area contributed by atoms with Crippen LogP contribution in [0.4, 0.5) is 0 Å². The molecule has 0 aliphatic heterocycles. The minimum Gasteiger partial charge on any atom is -0.103 e. The fourth-order valence-corrected chi connectivity index (χ4v) is 3.14. The smallest absolute Gasteiger partial charge is 0.0289 e. The number of hydrogen-bond donors (Lipinski definition) is 0. The van der Waals surface area contributed by atoms with Gasteiger partial charge in [-0.05, 0) is 36.0 Å². The van der Waals surface area contributed by atoms with Crippen LogP contribution in [0.1, 0.15) is 53.4 Å². The minimum atomic E-state index is 0.454. The Labute approximate surface area is 89.8 Å². The summed E-state index contributed by atoms with van der Waals surface area (Å²) in [6.45, 7) is 13.5. The molecule has 0 nitrogen and oxygen atoms in total. The number of hydrogen-bond acceptors (Lipinski definition) is 0. The highest BCUT2D eigenvalue weighted by molar-refractivity contribution is 4.90. The van der Waals surface area contributed by atoms with Gasteiger partial charge in [0.25, 0.3) is 0 Å². The third-order valence-corrected chi connectivity index (χ3v) is 4.13. The van der Waals surface area contributed by atoms with Crippen LogP contribution in [-0.2, 0) is 0 Å². The maximum atomic E-state index is 3.88. The Balaban J connectivity index is 2.67. The van der Waals surface area contributed by atoms with Gasteiger partial charge in [-0.2, -0.15) is 0 Å². The van der Waals surface area contributed by atoms with Crippen LogP contribution < -0.4 is 0 Å². The summed E-state index contributed by atoms with van der Waals surface area (Å²) in [5.41, 5.74) is 0.454. The third-order valence-electron chi connectivity index (χ3n) is 4.13. The quantitative estimate of drug-likeness (QED) is 0.573. The summed E-state index contributed by atoms with van der Waals surface area (Å²) in [5.74, 6) is 2.73. The van der Waals surface area contributed by atoms with Crippen molar-refractivity contribution >= 4 is 0 Å². The fourth-order valence-electron chi connectivity index (χ4n) is 3.14. The second kappa shape index (κ2) is 4.51.